The number of hydrogen-bond donors (Lipinski definition) is 1. The number of carbonyl (C=O) groups excluding carboxylic acids is 1. The van der Waals surface area contributed by atoms with Gasteiger partial charge in [-0.15, -0.1) is 0 Å². The minimum absolute atomic E-state index is 0.101. The highest BCUT2D eigenvalue weighted by molar-refractivity contribution is 7.88. The molecule has 1 aromatic rings. The second-order valence-electron chi connectivity index (χ2n) is 5.28. The minimum atomic E-state index is -4.65. The van der Waals surface area contributed by atoms with Crippen molar-refractivity contribution in [2.24, 2.45) is 0 Å². The molecule has 1 amide bonds. The lowest BCUT2D eigenvalue weighted by Crippen LogP contribution is -2.38. The van der Waals surface area contributed by atoms with Crippen LogP contribution in [0, 0.1) is 0 Å². The first kappa shape index (κ1) is 18.0. The van der Waals surface area contributed by atoms with Crippen molar-refractivity contribution in [2.75, 3.05) is 18.1 Å². The van der Waals surface area contributed by atoms with Crippen LogP contribution in [-0.2, 0) is 21.0 Å². The van der Waals surface area contributed by atoms with Gasteiger partial charge in [-0.25, -0.2) is 8.42 Å². The molecule has 0 aliphatic heterocycles. The summed E-state index contributed by atoms with van der Waals surface area (Å²) in [5, 5.41) is 1.78. The smallest absolute Gasteiger partial charge is 0.325 e. The number of sulfonamides is 1. The number of amides is 1. The molecule has 1 fully saturated rings. The van der Waals surface area contributed by atoms with E-state index in [9.17, 15) is 26.4 Å². The molecule has 0 radical (unpaired) electrons. The van der Waals surface area contributed by atoms with E-state index >= 15 is 0 Å². The van der Waals surface area contributed by atoms with E-state index in [2.05, 4.69) is 5.32 Å². The Balaban J connectivity index is 2.11. The van der Waals surface area contributed by atoms with Crippen molar-refractivity contribution in [2.45, 2.75) is 25.1 Å². The molecule has 0 spiro atoms. The van der Waals surface area contributed by atoms with Crippen LogP contribution in [0.15, 0.2) is 18.2 Å². The zero-order valence-electron chi connectivity index (χ0n) is 12.0. The molecule has 0 atom stereocenters. The maximum Gasteiger partial charge on any atom is 0.417 e. The third kappa shape index (κ3) is 4.82. The van der Waals surface area contributed by atoms with Crippen molar-refractivity contribution in [3.05, 3.63) is 28.8 Å². The summed E-state index contributed by atoms with van der Waals surface area (Å²) in [5.41, 5.74) is -1.17. The third-order valence-electron chi connectivity index (χ3n) is 3.24. The quantitative estimate of drug-likeness (QED) is 0.866. The van der Waals surface area contributed by atoms with Crippen molar-refractivity contribution in [1.29, 1.82) is 0 Å². The summed E-state index contributed by atoms with van der Waals surface area (Å²) in [4.78, 5) is 11.9. The van der Waals surface area contributed by atoms with E-state index in [-0.39, 0.29) is 11.7 Å². The van der Waals surface area contributed by atoms with Crippen molar-refractivity contribution in [3.8, 4) is 0 Å². The molecule has 5 nitrogen and oxygen atoms in total. The topological polar surface area (TPSA) is 66.5 Å². The van der Waals surface area contributed by atoms with Gasteiger partial charge in [-0.05, 0) is 31.0 Å². The van der Waals surface area contributed by atoms with E-state index in [1.54, 1.807) is 0 Å². The van der Waals surface area contributed by atoms with Gasteiger partial charge in [0.1, 0.15) is 0 Å². The Labute approximate surface area is 136 Å². The van der Waals surface area contributed by atoms with Crippen LogP contribution in [0.4, 0.5) is 18.9 Å². The lowest BCUT2D eigenvalue weighted by molar-refractivity contribution is -0.137. The Morgan fingerprint density at radius 1 is 1.39 bits per heavy atom. The SMILES string of the molecule is CS(=O)(=O)N(CC(=O)Nc1ccc(Cl)c(C(F)(F)F)c1)C1CC1. The van der Waals surface area contributed by atoms with E-state index in [1.165, 1.54) is 6.07 Å². The van der Waals surface area contributed by atoms with E-state index < -0.39 is 39.2 Å². The maximum atomic E-state index is 12.8. The highest BCUT2D eigenvalue weighted by Gasteiger charge is 2.36. The molecular weight excluding hydrogens is 357 g/mol. The van der Waals surface area contributed by atoms with Gasteiger partial charge in [0.2, 0.25) is 15.9 Å². The molecular formula is C13H14ClF3N2O3S. The second-order valence-corrected chi connectivity index (χ2v) is 7.62. The van der Waals surface area contributed by atoms with Crippen molar-refractivity contribution < 1.29 is 26.4 Å². The fourth-order valence-electron chi connectivity index (χ4n) is 2.04. The van der Waals surface area contributed by atoms with Gasteiger partial charge in [0.15, 0.2) is 0 Å². The van der Waals surface area contributed by atoms with Gasteiger partial charge >= 0.3 is 6.18 Å². The summed E-state index contributed by atoms with van der Waals surface area (Å²) in [5.74, 6) is -0.710. The molecule has 0 saturated heterocycles. The van der Waals surface area contributed by atoms with Crippen LogP contribution in [-0.4, -0.2) is 37.5 Å². The van der Waals surface area contributed by atoms with E-state index in [0.717, 1.165) is 16.6 Å². The highest BCUT2D eigenvalue weighted by Crippen LogP contribution is 2.36. The predicted molar refractivity (Wildman–Crippen MR) is 79.7 cm³/mol. The number of benzene rings is 1. The van der Waals surface area contributed by atoms with Gasteiger partial charge in [-0.1, -0.05) is 11.6 Å². The zero-order chi connectivity index (χ0) is 17.4. The monoisotopic (exact) mass is 370 g/mol. The van der Waals surface area contributed by atoms with Gasteiger partial charge < -0.3 is 5.32 Å². The number of hydrogen-bond acceptors (Lipinski definition) is 3. The summed E-state index contributed by atoms with van der Waals surface area (Å²) in [6.45, 7) is -0.437. The first-order chi connectivity index (χ1) is 10.5. The highest BCUT2D eigenvalue weighted by atomic mass is 35.5. The lowest BCUT2D eigenvalue weighted by atomic mass is 10.2. The van der Waals surface area contributed by atoms with Crippen LogP contribution in [0.1, 0.15) is 18.4 Å². The van der Waals surface area contributed by atoms with Crippen LogP contribution in [0.3, 0.4) is 0 Å². The maximum absolute atomic E-state index is 12.8. The molecule has 23 heavy (non-hydrogen) atoms. The number of rotatable bonds is 5. The average molecular weight is 371 g/mol. The molecule has 2 rings (SSSR count). The number of anilines is 1. The molecule has 1 N–H and O–H groups in total. The lowest BCUT2D eigenvalue weighted by Gasteiger charge is -2.19. The Kier molecular flexibility index (Phi) is 4.93. The molecule has 0 aromatic heterocycles. The second kappa shape index (κ2) is 6.29. The van der Waals surface area contributed by atoms with Crippen molar-refractivity contribution >= 4 is 33.2 Å². The fourth-order valence-corrected chi connectivity index (χ4v) is 3.37. The average Bonchev–Trinajstić information content (AvgIpc) is 3.20. The van der Waals surface area contributed by atoms with Gasteiger partial charge in [0, 0.05) is 11.7 Å². The van der Waals surface area contributed by atoms with Gasteiger partial charge in [-0.3, -0.25) is 4.79 Å². The number of alkyl halides is 3. The Bertz CT molecular complexity index is 718. The molecule has 0 heterocycles. The molecule has 1 saturated carbocycles. The number of nitrogens with zero attached hydrogens (tertiary/aromatic N) is 1. The minimum Gasteiger partial charge on any atom is -0.325 e. The normalized spacial score (nSPS) is 15.7. The van der Waals surface area contributed by atoms with Crippen LogP contribution >= 0.6 is 11.6 Å². The first-order valence-corrected chi connectivity index (χ1v) is 8.84. The first-order valence-electron chi connectivity index (χ1n) is 6.62. The Morgan fingerprint density at radius 2 is 2.00 bits per heavy atom. The van der Waals surface area contributed by atoms with Crippen LogP contribution in [0.25, 0.3) is 0 Å². The summed E-state index contributed by atoms with van der Waals surface area (Å²) in [6.07, 6.45) is -2.33. The van der Waals surface area contributed by atoms with E-state index in [0.29, 0.717) is 18.9 Å². The van der Waals surface area contributed by atoms with E-state index in [4.69, 9.17) is 11.6 Å². The standard InChI is InChI=1S/C13H14ClF3N2O3S/c1-23(21,22)19(9-3-4-9)7-12(20)18-8-2-5-11(14)10(6-8)13(15,16)17/h2,5-6,9H,3-4,7H2,1H3,(H,18,20). The molecule has 1 aliphatic rings. The third-order valence-corrected chi connectivity index (χ3v) is 4.84. The van der Waals surface area contributed by atoms with Gasteiger partial charge in [0.05, 0.1) is 23.4 Å². The Morgan fingerprint density at radius 3 is 2.48 bits per heavy atom. The summed E-state index contributed by atoms with van der Waals surface area (Å²) in [7, 11) is -3.56. The van der Waals surface area contributed by atoms with Crippen LogP contribution < -0.4 is 5.32 Å². The van der Waals surface area contributed by atoms with Gasteiger partial charge in [-0.2, -0.15) is 17.5 Å². The number of halogens is 4. The number of carbonyl (C=O) groups is 1. The molecule has 0 bridgehead atoms. The molecule has 0 unspecified atom stereocenters. The molecule has 1 aliphatic carbocycles. The largest absolute Gasteiger partial charge is 0.417 e. The molecule has 128 valence electrons. The predicted octanol–water partition coefficient (Wildman–Crippen LogP) is 2.72. The fraction of sp³-hybridized carbons (Fsp3) is 0.462. The number of nitrogens with one attached hydrogen (secondary N) is 1. The van der Waals surface area contributed by atoms with Crippen LogP contribution in [0.2, 0.25) is 5.02 Å². The van der Waals surface area contributed by atoms with E-state index in [1.807, 2.05) is 0 Å². The summed E-state index contributed by atoms with van der Waals surface area (Å²) >= 11 is 5.49. The Hall–Kier alpha value is -1.32. The van der Waals surface area contributed by atoms with Crippen molar-refractivity contribution in [3.63, 3.8) is 0 Å². The summed E-state index contributed by atoms with van der Waals surface area (Å²) < 4.78 is 62.6. The molecule has 10 heteroatoms. The van der Waals surface area contributed by atoms with Crippen molar-refractivity contribution in [1.82, 2.24) is 4.31 Å². The molecule has 1 aromatic carbocycles. The summed E-state index contributed by atoms with van der Waals surface area (Å²) in [6, 6.07) is 2.74. The van der Waals surface area contributed by atoms with Gasteiger partial charge in [0.25, 0.3) is 0 Å². The van der Waals surface area contributed by atoms with Crippen LogP contribution in [0.5, 0.6) is 0 Å². The zero-order valence-corrected chi connectivity index (χ0v) is 13.6.